The average Bonchev–Trinajstić information content (AvgIpc) is 3.25. The number of fused-ring (bicyclic) bond motifs is 1. The minimum absolute atomic E-state index is 0.602. The Labute approximate surface area is 185 Å². The number of aromatic amines is 2. The van der Waals surface area contributed by atoms with E-state index < -0.39 is 0 Å². The third kappa shape index (κ3) is 3.24. The molecule has 0 amide bonds. The summed E-state index contributed by atoms with van der Waals surface area (Å²) in [6, 6.07) is 12.5. The zero-order chi connectivity index (χ0) is 21.8. The molecule has 4 heterocycles. The van der Waals surface area contributed by atoms with Crippen LogP contribution in [0, 0.1) is 20.8 Å². The van der Waals surface area contributed by atoms with Gasteiger partial charge in [-0.15, -0.1) is 0 Å². The summed E-state index contributed by atoms with van der Waals surface area (Å²) in [4.78, 5) is 9.62. The van der Waals surface area contributed by atoms with Crippen molar-refractivity contribution in [3.05, 3.63) is 65.4 Å². The van der Waals surface area contributed by atoms with Gasteiger partial charge in [-0.25, -0.2) is 9.97 Å². The number of anilines is 2. The lowest BCUT2D eigenvalue weighted by Gasteiger charge is -2.10. The van der Waals surface area contributed by atoms with Crippen LogP contribution < -0.4 is 5.32 Å². The molecule has 6 rings (SSSR count). The van der Waals surface area contributed by atoms with Crippen LogP contribution in [0.4, 0.5) is 11.8 Å². The number of nitrogens with zero attached hydrogens (tertiary/aromatic N) is 5. The summed E-state index contributed by atoms with van der Waals surface area (Å²) in [6.07, 6.45) is 4.43. The van der Waals surface area contributed by atoms with Gasteiger partial charge < -0.3 is 5.32 Å². The van der Waals surface area contributed by atoms with Gasteiger partial charge in [0.15, 0.2) is 5.82 Å². The van der Waals surface area contributed by atoms with Crippen molar-refractivity contribution in [3.63, 3.8) is 0 Å². The van der Waals surface area contributed by atoms with Crippen LogP contribution >= 0.6 is 0 Å². The molecule has 1 saturated carbocycles. The molecule has 0 atom stereocenters. The Bertz CT molecular complexity index is 1450. The molecule has 1 aliphatic carbocycles. The molecule has 5 aromatic rings. The molecule has 0 saturated heterocycles. The fourth-order valence-electron chi connectivity index (χ4n) is 4.26. The van der Waals surface area contributed by atoms with E-state index in [1.165, 1.54) is 24.1 Å². The maximum Gasteiger partial charge on any atom is 0.215 e. The Morgan fingerprint density at radius 3 is 2.59 bits per heavy atom. The van der Waals surface area contributed by atoms with Crippen molar-refractivity contribution in [3.8, 4) is 22.4 Å². The van der Waals surface area contributed by atoms with Gasteiger partial charge in [-0.05, 0) is 45.2 Å². The second-order valence-electron chi connectivity index (χ2n) is 8.59. The Morgan fingerprint density at radius 2 is 1.81 bits per heavy atom. The monoisotopic (exact) mass is 424 g/mol. The van der Waals surface area contributed by atoms with Crippen molar-refractivity contribution in [2.75, 3.05) is 5.32 Å². The third-order valence-corrected chi connectivity index (χ3v) is 5.93. The van der Waals surface area contributed by atoms with E-state index in [-0.39, 0.29) is 0 Å². The van der Waals surface area contributed by atoms with Crippen molar-refractivity contribution >= 4 is 17.4 Å². The van der Waals surface area contributed by atoms with Gasteiger partial charge in [0.1, 0.15) is 5.65 Å². The summed E-state index contributed by atoms with van der Waals surface area (Å²) in [6.45, 7) is 6.02. The normalized spacial score (nSPS) is 13.7. The van der Waals surface area contributed by atoms with Crippen LogP contribution in [0.3, 0.4) is 0 Å². The molecule has 3 N–H and O–H groups in total. The number of nitrogens with one attached hydrogen (secondary N) is 3. The van der Waals surface area contributed by atoms with Gasteiger partial charge in [0.2, 0.25) is 5.95 Å². The van der Waals surface area contributed by atoms with Crippen molar-refractivity contribution < 1.29 is 0 Å². The molecule has 1 aromatic carbocycles. The number of hydrogen-bond donors (Lipinski definition) is 3. The molecule has 160 valence electrons. The summed E-state index contributed by atoms with van der Waals surface area (Å²) >= 11 is 0. The van der Waals surface area contributed by atoms with Crippen LogP contribution in [-0.2, 0) is 0 Å². The smallest absolute Gasteiger partial charge is 0.215 e. The van der Waals surface area contributed by atoms with E-state index in [0.717, 1.165) is 45.4 Å². The van der Waals surface area contributed by atoms with Crippen LogP contribution in [0.25, 0.3) is 28.0 Å². The van der Waals surface area contributed by atoms with E-state index >= 15 is 0 Å². The summed E-state index contributed by atoms with van der Waals surface area (Å²) in [5.41, 5.74) is 9.31. The van der Waals surface area contributed by atoms with Crippen LogP contribution in [-0.4, -0.2) is 34.8 Å². The minimum atomic E-state index is 0.602. The van der Waals surface area contributed by atoms with Crippen LogP contribution in [0.5, 0.6) is 0 Å². The van der Waals surface area contributed by atoms with Crippen LogP contribution in [0.2, 0.25) is 0 Å². The highest BCUT2D eigenvalue weighted by molar-refractivity contribution is 5.76. The average molecular weight is 425 g/mol. The molecule has 0 aliphatic heterocycles. The Kier molecular flexibility index (Phi) is 4.14. The molecule has 1 fully saturated rings. The van der Waals surface area contributed by atoms with E-state index in [1.807, 2.05) is 36.6 Å². The van der Waals surface area contributed by atoms with Crippen LogP contribution in [0.15, 0.2) is 42.6 Å². The van der Waals surface area contributed by atoms with E-state index in [0.29, 0.717) is 11.9 Å². The van der Waals surface area contributed by atoms with Gasteiger partial charge in [-0.3, -0.25) is 14.6 Å². The molecule has 8 nitrogen and oxygen atoms in total. The number of hydrogen-bond acceptors (Lipinski definition) is 5. The van der Waals surface area contributed by atoms with E-state index in [1.54, 1.807) is 0 Å². The zero-order valence-corrected chi connectivity index (χ0v) is 18.3. The summed E-state index contributed by atoms with van der Waals surface area (Å²) in [5.74, 6) is 2.00. The molecule has 0 radical (unpaired) electrons. The molecule has 1 aliphatic rings. The molecule has 0 spiro atoms. The van der Waals surface area contributed by atoms with Gasteiger partial charge in [-0.1, -0.05) is 18.2 Å². The van der Waals surface area contributed by atoms with E-state index in [4.69, 9.17) is 4.98 Å². The number of benzene rings is 1. The van der Waals surface area contributed by atoms with Gasteiger partial charge in [0.25, 0.3) is 0 Å². The molecule has 0 unspecified atom stereocenters. The van der Waals surface area contributed by atoms with Crippen LogP contribution in [0.1, 0.15) is 41.5 Å². The Morgan fingerprint density at radius 1 is 0.969 bits per heavy atom. The minimum Gasteiger partial charge on any atom is -0.308 e. The van der Waals surface area contributed by atoms with Crippen molar-refractivity contribution in [1.82, 2.24) is 34.8 Å². The molecular weight excluding hydrogens is 400 g/mol. The molecule has 8 heteroatoms. The van der Waals surface area contributed by atoms with Crippen molar-refractivity contribution in [2.24, 2.45) is 0 Å². The molecule has 32 heavy (non-hydrogen) atoms. The summed E-state index contributed by atoms with van der Waals surface area (Å²) in [5, 5.41) is 18.3. The Balaban J connectivity index is 1.46. The van der Waals surface area contributed by atoms with Gasteiger partial charge in [-0.2, -0.15) is 10.2 Å². The fraction of sp³-hybridized carbons (Fsp3) is 0.250. The van der Waals surface area contributed by atoms with Gasteiger partial charge >= 0.3 is 0 Å². The van der Waals surface area contributed by atoms with Gasteiger partial charge in [0, 0.05) is 46.8 Å². The number of H-pyrrole nitrogens is 2. The van der Waals surface area contributed by atoms with Crippen molar-refractivity contribution in [2.45, 2.75) is 39.5 Å². The van der Waals surface area contributed by atoms with E-state index in [2.05, 4.69) is 61.9 Å². The predicted octanol–water partition coefficient (Wildman–Crippen LogP) is 5.06. The maximum absolute atomic E-state index is 4.94. The number of aryl methyl sites for hydroxylation is 3. The quantitative estimate of drug-likeness (QED) is 0.366. The highest BCUT2D eigenvalue weighted by Gasteiger charge is 2.29. The first-order valence-electron chi connectivity index (χ1n) is 10.9. The third-order valence-electron chi connectivity index (χ3n) is 5.93. The first-order valence-corrected chi connectivity index (χ1v) is 10.9. The largest absolute Gasteiger partial charge is 0.308 e. The highest BCUT2D eigenvalue weighted by atomic mass is 15.3. The Hall–Kier alpha value is -3.94. The second kappa shape index (κ2) is 7.05. The van der Waals surface area contributed by atoms with Gasteiger partial charge in [0.05, 0.1) is 17.1 Å². The highest BCUT2D eigenvalue weighted by Crippen LogP contribution is 2.44. The predicted molar refractivity (Wildman–Crippen MR) is 124 cm³/mol. The lowest BCUT2D eigenvalue weighted by Crippen LogP contribution is -2.03. The number of imidazole rings is 1. The first kappa shape index (κ1) is 18.8. The summed E-state index contributed by atoms with van der Waals surface area (Å²) in [7, 11) is 0. The lowest BCUT2D eigenvalue weighted by atomic mass is 9.98. The molecule has 0 bridgehead atoms. The zero-order valence-electron chi connectivity index (χ0n) is 18.3. The first-order chi connectivity index (χ1) is 15.5. The van der Waals surface area contributed by atoms with Crippen molar-refractivity contribution in [1.29, 1.82) is 0 Å². The fourth-order valence-corrected chi connectivity index (χ4v) is 4.26. The topological polar surface area (TPSA) is 99.6 Å². The van der Waals surface area contributed by atoms with E-state index in [9.17, 15) is 0 Å². The molecule has 4 aromatic heterocycles. The second-order valence-corrected chi connectivity index (χ2v) is 8.59. The molecular formula is C24H24N8. The lowest BCUT2D eigenvalue weighted by molar-refractivity contribution is 0.954. The standard InChI is InChI=1S/C24H24N8/c1-13-9-20(30-28-13)27-24-26-19(11-21-25-14(2)12-32(21)24)17-5-4-6-18(10-17)22-15(3)29-31-23(22)16-7-8-16/h4-6,9-12,16H,7-8H2,1-3H3,(H,29,31)(H2,26,27,28,30). The number of rotatable bonds is 5. The number of aromatic nitrogens is 7. The SMILES string of the molecule is Cc1cn2c(Nc3cc(C)[nH]n3)nc(-c3cccc(-c4c(C)n[nH]c4C4CC4)c3)cc2n1. The summed E-state index contributed by atoms with van der Waals surface area (Å²) < 4.78 is 1.96. The maximum atomic E-state index is 4.94.